The molecule has 0 saturated carbocycles. The maximum atomic E-state index is 13.0. The zero-order valence-electron chi connectivity index (χ0n) is 14.1. The van der Waals surface area contributed by atoms with Gasteiger partial charge >= 0.3 is 11.7 Å². The smallest absolute Gasteiger partial charge is 0.344 e. The number of hydrogen-bond acceptors (Lipinski definition) is 6. The van der Waals surface area contributed by atoms with Crippen molar-refractivity contribution in [3.63, 3.8) is 0 Å². The number of benzene rings is 2. The third kappa shape index (κ3) is 5.98. The molecule has 0 bridgehead atoms. The van der Waals surface area contributed by atoms with E-state index in [0.717, 1.165) is 30.3 Å². The van der Waals surface area contributed by atoms with E-state index in [-0.39, 0.29) is 11.4 Å². The van der Waals surface area contributed by atoms with Gasteiger partial charge in [-0.05, 0) is 36.4 Å². The third-order valence-corrected chi connectivity index (χ3v) is 4.62. The Kier molecular flexibility index (Phi) is 6.99. The van der Waals surface area contributed by atoms with E-state index in [1.165, 1.54) is 18.2 Å². The number of nitrogens with one attached hydrogen (secondary N) is 1. The average Bonchev–Trinajstić information content (AvgIpc) is 2.65. The molecule has 150 valence electrons. The topological polar surface area (TPSA) is 98.8 Å². The summed E-state index contributed by atoms with van der Waals surface area (Å²) in [7, 11) is -4.73. The SMILES string of the molecule is O=C(COC(=O)COc1cccc(F)c1)Nc1ccc(S(=O)(=O)C(F)F)cc1. The molecule has 0 atom stereocenters. The molecule has 0 unspecified atom stereocenters. The Labute approximate surface area is 158 Å². The van der Waals surface area contributed by atoms with Crippen molar-refractivity contribution in [2.24, 2.45) is 0 Å². The van der Waals surface area contributed by atoms with Gasteiger partial charge in [-0.3, -0.25) is 4.79 Å². The van der Waals surface area contributed by atoms with E-state index in [4.69, 9.17) is 4.74 Å². The monoisotopic (exact) mass is 417 g/mol. The predicted octanol–water partition coefficient (Wildman–Crippen LogP) is 2.38. The van der Waals surface area contributed by atoms with Crippen LogP contribution in [0.25, 0.3) is 0 Å². The molecule has 0 heterocycles. The van der Waals surface area contributed by atoms with E-state index >= 15 is 0 Å². The molecule has 0 fully saturated rings. The van der Waals surface area contributed by atoms with Crippen molar-refractivity contribution in [2.45, 2.75) is 10.7 Å². The number of esters is 1. The number of amides is 1. The standard InChI is InChI=1S/C17H14F3NO6S/c18-11-2-1-3-13(8-11)26-10-16(23)27-9-15(22)21-12-4-6-14(7-5-12)28(24,25)17(19)20/h1-8,17H,9-10H2,(H,21,22). The van der Waals surface area contributed by atoms with E-state index in [2.05, 4.69) is 10.1 Å². The zero-order chi connectivity index (χ0) is 20.7. The summed E-state index contributed by atoms with van der Waals surface area (Å²) in [6.45, 7) is -1.21. The summed E-state index contributed by atoms with van der Waals surface area (Å²) >= 11 is 0. The van der Waals surface area contributed by atoms with Gasteiger partial charge in [0.2, 0.25) is 9.84 Å². The first-order valence-electron chi connectivity index (χ1n) is 7.64. The number of carbonyl (C=O) groups excluding carboxylic acids is 2. The molecule has 7 nitrogen and oxygen atoms in total. The van der Waals surface area contributed by atoms with E-state index in [1.807, 2.05) is 0 Å². The number of carbonyl (C=O) groups is 2. The molecule has 2 rings (SSSR count). The van der Waals surface area contributed by atoms with E-state index in [9.17, 15) is 31.2 Å². The van der Waals surface area contributed by atoms with E-state index in [1.54, 1.807) is 0 Å². The van der Waals surface area contributed by atoms with Crippen molar-refractivity contribution in [2.75, 3.05) is 18.5 Å². The minimum absolute atomic E-state index is 0.111. The largest absolute Gasteiger partial charge is 0.482 e. The lowest BCUT2D eigenvalue weighted by atomic mass is 10.3. The second-order valence-electron chi connectivity index (χ2n) is 5.28. The van der Waals surface area contributed by atoms with Crippen molar-refractivity contribution < 1.29 is 40.7 Å². The predicted molar refractivity (Wildman–Crippen MR) is 91.1 cm³/mol. The van der Waals surface area contributed by atoms with Gasteiger partial charge in [0.25, 0.3) is 5.91 Å². The molecule has 1 N–H and O–H groups in total. The summed E-state index contributed by atoms with van der Waals surface area (Å²) in [5, 5.41) is 2.30. The highest BCUT2D eigenvalue weighted by atomic mass is 32.2. The zero-order valence-corrected chi connectivity index (χ0v) is 14.9. The van der Waals surface area contributed by atoms with Gasteiger partial charge in [-0.2, -0.15) is 8.78 Å². The third-order valence-electron chi connectivity index (χ3n) is 3.22. The molecule has 1 amide bonds. The first kappa shape index (κ1) is 21.2. The molecule has 0 aromatic heterocycles. The van der Waals surface area contributed by atoms with Gasteiger partial charge in [0, 0.05) is 11.8 Å². The molecule has 28 heavy (non-hydrogen) atoms. The maximum absolute atomic E-state index is 13.0. The molecule has 0 saturated heterocycles. The molecular weight excluding hydrogens is 403 g/mol. The van der Waals surface area contributed by atoms with Crippen LogP contribution in [-0.4, -0.2) is 39.3 Å². The fourth-order valence-electron chi connectivity index (χ4n) is 1.91. The molecule has 0 aliphatic heterocycles. The lowest BCUT2D eigenvalue weighted by Crippen LogP contribution is -2.23. The fourth-order valence-corrected chi connectivity index (χ4v) is 2.64. The highest BCUT2D eigenvalue weighted by molar-refractivity contribution is 7.91. The van der Waals surface area contributed by atoms with Crippen molar-refractivity contribution in [1.29, 1.82) is 0 Å². The summed E-state index contributed by atoms with van der Waals surface area (Å²) in [6.07, 6.45) is 0. The molecule has 2 aromatic carbocycles. The Morgan fingerprint density at radius 2 is 1.71 bits per heavy atom. The van der Waals surface area contributed by atoms with Gasteiger partial charge < -0.3 is 14.8 Å². The van der Waals surface area contributed by atoms with Crippen molar-refractivity contribution in [3.8, 4) is 5.75 Å². The highest BCUT2D eigenvalue weighted by Crippen LogP contribution is 2.20. The Hall–Kier alpha value is -3.08. The van der Waals surface area contributed by atoms with Crippen LogP contribution < -0.4 is 10.1 Å². The van der Waals surface area contributed by atoms with Crippen LogP contribution in [-0.2, 0) is 24.2 Å². The second kappa shape index (κ2) is 9.22. The normalized spacial score (nSPS) is 11.1. The highest BCUT2D eigenvalue weighted by Gasteiger charge is 2.26. The number of hydrogen-bond donors (Lipinski definition) is 1. The van der Waals surface area contributed by atoms with Crippen LogP contribution in [0.1, 0.15) is 0 Å². The van der Waals surface area contributed by atoms with Crippen molar-refractivity contribution in [1.82, 2.24) is 0 Å². The van der Waals surface area contributed by atoms with Gasteiger partial charge in [-0.25, -0.2) is 17.6 Å². The van der Waals surface area contributed by atoms with Gasteiger partial charge in [0.15, 0.2) is 13.2 Å². The summed E-state index contributed by atoms with van der Waals surface area (Å²) in [4.78, 5) is 22.6. The van der Waals surface area contributed by atoms with Crippen molar-refractivity contribution >= 4 is 27.4 Å². The first-order valence-corrected chi connectivity index (χ1v) is 9.19. The number of halogens is 3. The quantitative estimate of drug-likeness (QED) is 0.663. The number of alkyl halides is 2. The molecule has 0 spiro atoms. The minimum atomic E-state index is -4.73. The van der Waals surface area contributed by atoms with Gasteiger partial charge in [0.05, 0.1) is 4.90 Å². The Morgan fingerprint density at radius 3 is 2.32 bits per heavy atom. The summed E-state index contributed by atoms with van der Waals surface area (Å²) < 4.78 is 70.1. The van der Waals surface area contributed by atoms with Gasteiger partial charge in [-0.15, -0.1) is 0 Å². The lowest BCUT2D eigenvalue weighted by Gasteiger charge is -2.09. The number of anilines is 1. The summed E-state index contributed by atoms with van der Waals surface area (Å²) in [6, 6.07) is 9.14. The summed E-state index contributed by atoms with van der Waals surface area (Å²) in [5.41, 5.74) is 0.116. The van der Waals surface area contributed by atoms with Crippen LogP contribution in [0.3, 0.4) is 0 Å². The molecule has 11 heteroatoms. The minimum Gasteiger partial charge on any atom is -0.482 e. The van der Waals surface area contributed by atoms with Crippen molar-refractivity contribution in [3.05, 3.63) is 54.3 Å². The Bertz CT molecular complexity index is 948. The summed E-state index contributed by atoms with van der Waals surface area (Å²) in [5.74, 6) is -5.61. The lowest BCUT2D eigenvalue weighted by molar-refractivity contribution is -0.149. The van der Waals surface area contributed by atoms with E-state index < -0.39 is 51.4 Å². The number of rotatable bonds is 8. The fraction of sp³-hybridized carbons (Fsp3) is 0.176. The second-order valence-corrected chi connectivity index (χ2v) is 7.20. The maximum Gasteiger partial charge on any atom is 0.344 e. The van der Waals surface area contributed by atoms with Crippen LogP contribution in [0.4, 0.5) is 18.9 Å². The Balaban J connectivity index is 1.80. The van der Waals surface area contributed by atoms with Crippen LogP contribution in [0.15, 0.2) is 53.4 Å². The number of ether oxygens (including phenoxy) is 2. The number of sulfone groups is 1. The first-order chi connectivity index (χ1) is 13.2. The molecule has 0 aliphatic rings. The van der Waals surface area contributed by atoms with Crippen LogP contribution in [0, 0.1) is 5.82 Å². The molecule has 0 radical (unpaired) electrons. The average molecular weight is 417 g/mol. The molecule has 0 aliphatic carbocycles. The molecular formula is C17H14F3NO6S. The van der Waals surface area contributed by atoms with Crippen LogP contribution in [0.2, 0.25) is 0 Å². The van der Waals surface area contributed by atoms with E-state index in [0.29, 0.717) is 0 Å². The van der Waals surface area contributed by atoms with Gasteiger partial charge in [-0.1, -0.05) is 6.07 Å². The van der Waals surface area contributed by atoms with Gasteiger partial charge in [0.1, 0.15) is 11.6 Å². The van der Waals surface area contributed by atoms with Crippen LogP contribution in [0.5, 0.6) is 5.75 Å². The molecule has 2 aromatic rings. The van der Waals surface area contributed by atoms with Crippen LogP contribution >= 0.6 is 0 Å². The Morgan fingerprint density at radius 1 is 1.04 bits per heavy atom.